The molecule has 9 heteroatoms. The van der Waals surface area contributed by atoms with Gasteiger partial charge in [0.25, 0.3) is 0 Å². The molecule has 0 amide bonds. The van der Waals surface area contributed by atoms with Crippen molar-refractivity contribution in [3.63, 3.8) is 0 Å². The van der Waals surface area contributed by atoms with Gasteiger partial charge in [-0.1, -0.05) is 0 Å². The fraction of sp³-hybridized carbons (Fsp3) is 0.696. The predicted molar refractivity (Wildman–Crippen MR) is 241 cm³/mol. The molecule has 0 aliphatic carbocycles. The van der Waals surface area contributed by atoms with E-state index >= 15 is 0 Å². The van der Waals surface area contributed by atoms with Crippen molar-refractivity contribution in [2.75, 3.05) is 49.3 Å². The third-order valence-corrected chi connectivity index (χ3v) is 26.8. The zero-order valence-electron chi connectivity index (χ0n) is 36.3. The maximum absolute atomic E-state index is 14.0. The summed E-state index contributed by atoms with van der Waals surface area (Å²) in [6.45, 7) is 12.0. The fourth-order valence-electron chi connectivity index (χ4n) is 8.42. The van der Waals surface area contributed by atoms with E-state index in [2.05, 4.69) is 55.4 Å². The third kappa shape index (κ3) is 13.6. The molecule has 2 aromatic carbocycles. The Morgan fingerprint density at radius 1 is 0.400 bits per heavy atom. The summed E-state index contributed by atoms with van der Waals surface area (Å²) >= 11 is 0. The van der Waals surface area contributed by atoms with E-state index in [-0.39, 0.29) is 21.7 Å². The summed E-state index contributed by atoms with van der Waals surface area (Å²) in [5.41, 5.74) is 0.788. The van der Waals surface area contributed by atoms with Crippen molar-refractivity contribution in [3.05, 3.63) is 59.7 Å². The van der Waals surface area contributed by atoms with Crippen molar-refractivity contribution in [2.24, 2.45) is 0 Å². The molecule has 316 valence electrons. The minimum atomic E-state index is -3.90. The van der Waals surface area contributed by atoms with Crippen molar-refractivity contribution in [2.45, 2.75) is 168 Å². The summed E-state index contributed by atoms with van der Waals surface area (Å²) < 4.78 is 41.6. The fourth-order valence-corrected chi connectivity index (χ4v) is 23.2. The molecule has 6 nitrogen and oxygen atoms in total. The van der Waals surface area contributed by atoms with E-state index in [9.17, 15) is 18.0 Å². The molecule has 0 atom stereocenters. The number of unbranched alkanes of at least 4 members (excludes halogenated alkanes) is 8. The standard InChI is InChI=1S/C46H80O6P2S/c1-9-17-33-53(34-18-10-2,35-19-11-3,36-20-12-4)51-45(47)41-25-29-43(30-26-41)55(49,50)44-31-27-42(28-32-44)46(48)52-54(37-21-13-5,38-22-14-6,39-23-15-7)40-24-16-8/h25-32H,9-24,33-40H2,1-8H3. The van der Waals surface area contributed by atoms with Crippen LogP contribution in [0.5, 0.6) is 0 Å². The number of hydrogen-bond donors (Lipinski definition) is 0. The number of benzene rings is 2. The van der Waals surface area contributed by atoms with Crippen LogP contribution in [-0.2, 0) is 18.9 Å². The molecule has 0 saturated heterocycles. The molecule has 0 unspecified atom stereocenters. The van der Waals surface area contributed by atoms with Gasteiger partial charge < -0.3 is 0 Å². The second-order valence-electron chi connectivity index (χ2n) is 16.6. The van der Waals surface area contributed by atoms with Crippen LogP contribution in [0.3, 0.4) is 0 Å². The molecule has 0 spiro atoms. The van der Waals surface area contributed by atoms with E-state index in [0.717, 1.165) is 152 Å². The van der Waals surface area contributed by atoms with Gasteiger partial charge in [0.2, 0.25) is 0 Å². The molecular weight excluding hydrogens is 743 g/mol. The first-order valence-corrected chi connectivity index (χ1v) is 29.5. The molecule has 0 heterocycles. The molecule has 0 aliphatic rings. The van der Waals surface area contributed by atoms with Crippen molar-refractivity contribution >= 4 is 35.4 Å². The van der Waals surface area contributed by atoms with Crippen LogP contribution < -0.4 is 0 Å². The van der Waals surface area contributed by atoms with Gasteiger partial charge in [-0.3, -0.25) is 0 Å². The van der Waals surface area contributed by atoms with E-state index in [1.165, 1.54) is 24.3 Å². The Bertz CT molecular complexity index is 1340. The minimum absolute atomic E-state index is 0.106. The Morgan fingerprint density at radius 2 is 0.600 bits per heavy atom. The number of carbonyl (C=O) groups is 2. The second-order valence-corrected chi connectivity index (χ2v) is 30.0. The third-order valence-electron chi connectivity index (χ3n) is 12.1. The first-order valence-electron chi connectivity index (χ1n) is 22.3. The molecule has 0 aromatic heterocycles. The van der Waals surface area contributed by atoms with Gasteiger partial charge in [0, 0.05) is 0 Å². The molecule has 0 bridgehead atoms. The molecule has 0 fully saturated rings. The number of sulfone groups is 1. The summed E-state index contributed by atoms with van der Waals surface area (Å²) in [6, 6.07) is 12.5. The Labute approximate surface area is 338 Å². The second kappa shape index (κ2) is 23.6. The molecule has 0 N–H and O–H groups in total. The van der Waals surface area contributed by atoms with E-state index in [1.54, 1.807) is 24.3 Å². The number of rotatable bonds is 30. The van der Waals surface area contributed by atoms with Crippen LogP contribution in [0.15, 0.2) is 58.3 Å². The Morgan fingerprint density at radius 3 is 0.782 bits per heavy atom. The molecule has 0 radical (unpaired) electrons. The van der Waals surface area contributed by atoms with E-state index in [4.69, 9.17) is 9.05 Å². The molecule has 2 aromatic rings. The van der Waals surface area contributed by atoms with Crippen molar-refractivity contribution < 1.29 is 27.1 Å². The van der Waals surface area contributed by atoms with Gasteiger partial charge in [0.05, 0.1) is 0 Å². The monoisotopic (exact) mass is 823 g/mol. The van der Waals surface area contributed by atoms with Gasteiger partial charge in [0.1, 0.15) is 0 Å². The summed E-state index contributed by atoms with van der Waals surface area (Å²) in [5, 5.41) is 0. The Balaban J connectivity index is 2.44. The van der Waals surface area contributed by atoms with Gasteiger partial charge in [-0.2, -0.15) is 0 Å². The van der Waals surface area contributed by atoms with Crippen LogP contribution in [0.2, 0.25) is 0 Å². The molecular formula is C46H80O6P2S. The molecule has 0 saturated carbocycles. The average molecular weight is 823 g/mol. The summed E-state index contributed by atoms with van der Waals surface area (Å²) in [7, 11) is -3.90. The van der Waals surface area contributed by atoms with Crippen LogP contribution in [0.4, 0.5) is 0 Å². The Hall–Kier alpha value is -1.81. The zero-order chi connectivity index (χ0) is 40.9. The zero-order valence-corrected chi connectivity index (χ0v) is 38.9. The van der Waals surface area contributed by atoms with Crippen LogP contribution in [0.25, 0.3) is 0 Å². The normalized spacial score (nSPS) is 13.7. The molecule has 0 aliphatic heterocycles. The molecule has 2 rings (SSSR count). The van der Waals surface area contributed by atoms with Crippen molar-refractivity contribution in [1.82, 2.24) is 0 Å². The first-order chi connectivity index (χ1) is 26.3. The van der Waals surface area contributed by atoms with Gasteiger partial charge >= 0.3 is 339 Å². The van der Waals surface area contributed by atoms with E-state index in [0.29, 0.717) is 11.1 Å². The van der Waals surface area contributed by atoms with E-state index in [1.807, 2.05) is 0 Å². The Kier molecular flexibility index (Phi) is 21.1. The van der Waals surface area contributed by atoms with Gasteiger partial charge in [0.15, 0.2) is 0 Å². The van der Waals surface area contributed by atoms with Crippen molar-refractivity contribution in [3.8, 4) is 0 Å². The van der Waals surface area contributed by atoms with Crippen LogP contribution in [-0.4, -0.2) is 69.7 Å². The predicted octanol–water partition coefficient (Wildman–Crippen LogP) is 14.2. The number of carbonyl (C=O) groups excluding carboxylic acids is 2. The SMILES string of the molecule is CCCCP(CCCC)(CCCC)(CCCC)OC(=O)c1ccc(S(=O)(=O)c2ccc(C(=O)OP(CCCC)(CCCC)(CCCC)CCCC)cc2)cc1. The summed E-state index contributed by atoms with van der Waals surface area (Å²) in [6.07, 6.45) is 24.7. The maximum atomic E-state index is 14.0. The topological polar surface area (TPSA) is 86.7 Å². The van der Waals surface area contributed by atoms with Crippen LogP contribution in [0.1, 0.15) is 179 Å². The summed E-state index contributed by atoms with van der Waals surface area (Å²) in [5.74, 6) is -0.645. The first kappa shape index (κ1) is 49.3. The quantitative estimate of drug-likeness (QED) is 0.0729. The van der Waals surface area contributed by atoms with Gasteiger partial charge in [-0.25, -0.2) is 0 Å². The average Bonchev–Trinajstić information content (AvgIpc) is 3.21. The van der Waals surface area contributed by atoms with Crippen LogP contribution in [0, 0.1) is 0 Å². The van der Waals surface area contributed by atoms with Crippen molar-refractivity contribution in [1.29, 1.82) is 0 Å². The molecule has 55 heavy (non-hydrogen) atoms. The summed E-state index contributed by atoms with van der Waals surface area (Å²) in [4.78, 5) is 28.3. The van der Waals surface area contributed by atoms with Gasteiger partial charge in [-0.05, 0) is 0 Å². The van der Waals surface area contributed by atoms with Crippen LogP contribution >= 0.6 is 13.7 Å². The number of hydrogen-bond acceptors (Lipinski definition) is 6. The van der Waals surface area contributed by atoms with E-state index < -0.39 is 23.5 Å². The van der Waals surface area contributed by atoms with Gasteiger partial charge in [-0.15, -0.1) is 0 Å².